The Balaban J connectivity index is 2.56. The van der Waals surface area contributed by atoms with Crippen LogP contribution in [0, 0.1) is 0 Å². The van der Waals surface area contributed by atoms with Crippen molar-refractivity contribution in [2.24, 2.45) is 0 Å². The van der Waals surface area contributed by atoms with Crippen LogP contribution < -0.4 is 5.32 Å². The maximum Gasteiger partial charge on any atom is 0.218 e. The van der Waals surface area contributed by atoms with Crippen molar-refractivity contribution in [3.63, 3.8) is 0 Å². The van der Waals surface area contributed by atoms with Crippen molar-refractivity contribution in [2.45, 2.75) is 19.1 Å². The molecule has 1 atom stereocenters. The van der Waals surface area contributed by atoms with Gasteiger partial charge in [-0.1, -0.05) is 6.92 Å². The second-order valence-corrected chi connectivity index (χ2v) is 6.72. The van der Waals surface area contributed by atoms with E-state index >= 15 is 0 Å². The molecule has 1 aliphatic rings. The minimum absolute atomic E-state index is 0.337. The van der Waals surface area contributed by atoms with Gasteiger partial charge in [0.05, 0.1) is 5.25 Å². The summed E-state index contributed by atoms with van der Waals surface area (Å²) in [5.74, 6) is 0. The number of sulfonamides is 1. The van der Waals surface area contributed by atoms with E-state index < -0.39 is 10.0 Å². The molecule has 1 saturated heterocycles. The Labute approximate surface area is 98.8 Å². The van der Waals surface area contributed by atoms with Crippen molar-refractivity contribution >= 4 is 10.0 Å². The number of rotatable bonds is 5. The van der Waals surface area contributed by atoms with E-state index in [1.807, 2.05) is 14.0 Å². The highest BCUT2D eigenvalue weighted by Crippen LogP contribution is 2.11. The van der Waals surface area contributed by atoms with Gasteiger partial charge in [-0.05, 0) is 20.5 Å². The Hall–Kier alpha value is -0.170. The van der Waals surface area contributed by atoms with E-state index in [-0.39, 0.29) is 5.25 Å². The molecular formula is C10H23N3O2S. The lowest BCUT2D eigenvalue weighted by atomic mass is 10.4. The predicted octanol–water partition coefficient (Wildman–Crippen LogP) is -0.438. The van der Waals surface area contributed by atoms with Gasteiger partial charge >= 0.3 is 0 Å². The molecule has 0 aromatic heterocycles. The SMILES string of the molecule is CCNCC(C)S(=O)(=O)N1CCN(C)CC1. The van der Waals surface area contributed by atoms with Crippen LogP contribution in [0.2, 0.25) is 0 Å². The van der Waals surface area contributed by atoms with Crippen molar-refractivity contribution in [2.75, 3.05) is 46.3 Å². The summed E-state index contributed by atoms with van der Waals surface area (Å²) < 4.78 is 26.0. The second kappa shape index (κ2) is 5.95. The van der Waals surface area contributed by atoms with E-state index in [0.29, 0.717) is 19.6 Å². The molecule has 0 bridgehead atoms. The van der Waals surface area contributed by atoms with Gasteiger partial charge in [0.1, 0.15) is 0 Å². The van der Waals surface area contributed by atoms with Crippen molar-refractivity contribution in [1.29, 1.82) is 0 Å². The highest BCUT2D eigenvalue weighted by molar-refractivity contribution is 7.89. The lowest BCUT2D eigenvalue weighted by Crippen LogP contribution is -2.50. The summed E-state index contributed by atoms with van der Waals surface area (Å²) in [6, 6.07) is 0. The Morgan fingerprint density at radius 1 is 1.25 bits per heavy atom. The number of hydrogen-bond acceptors (Lipinski definition) is 4. The molecule has 0 aromatic rings. The van der Waals surface area contributed by atoms with Crippen LogP contribution in [0.1, 0.15) is 13.8 Å². The molecule has 0 amide bonds. The molecule has 1 fully saturated rings. The van der Waals surface area contributed by atoms with Crippen molar-refractivity contribution in [3.8, 4) is 0 Å². The molecule has 0 aliphatic carbocycles. The van der Waals surface area contributed by atoms with E-state index in [0.717, 1.165) is 19.6 Å². The summed E-state index contributed by atoms with van der Waals surface area (Å²) in [6.45, 7) is 7.99. The van der Waals surface area contributed by atoms with Crippen LogP contribution >= 0.6 is 0 Å². The fourth-order valence-corrected chi connectivity index (χ4v) is 3.26. The zero-order valence-electron chi connectivity index (χ0n) is 10.4. The first-order valence-corrected chi connectivity index (χ1v) is 7.37. The summed E-state index contributed by atoms with van der Waals surface area (Å²) in [7, 11) is -1.09. The molecule has 16 heavy (non-hydrogen) atoms. The van der Waals surface area contributed by atoms with Crippen LogP contribution in [0.25, 0.3) is 0 Å². The van der Waals surface area contributed by atoms with Crippen LogP contribution in [0.5, 0.6) is 0 Å². The number of nitrogens with one attached hydrogen (secondary N) is 1. The predicted molar refractivity (Wildman–Crippen MR) is 66.0 cm³/mol. The average molecular weight is 249 g/mol. The molecule has 1 heterocycles. The molecule has 0 saturated carbocycles. The quantitative estimate of drug-likeness (QED) is 0.718. The molecule has 1 unspecified atom stereocenters. The van der Waals surface area contributed by atoms with Gasteiger partial charge in [0, 0.05) is 32.7 Å². The van der Waals surface area contributed by atoms with Crippen molar-refractivity contribution < 1.29 is 8.42 Å². The van der Waals surface area contributed by atoms with Gasteiger partial charge in [0.15, 0.2) is 0 Å². The van der Waals surface area contributed by atoms with Crippen LogP contribution in [-0.2, 0) is 10.0 Å². The summed E-state index contributed by atoms with van der Waals surface area (Å²) in [5.41, 5.74) is 0. The van der Waals surface area contributed by atoms with Crippen LogP contribution in [0.15, 0.2) is 0 Å². The molecule has 6 heteroatoms. The molecule has 0 radical (unpaired) electrons. The van der Waals surface area contributed by atoms with Crippen molar-refractivity contribution in [1.82, 2.24) is 14.5 Å². The monoisotopic (exact) mass is 249 g/mol. The van der Waals surface area contributed by atoms with Crippen LogP contribution in [0.4, 0.5) is 0 Å². The van der Waals surface area contributed by atoms with Crippen molar-refractivity contribution in [3.05, 3.63) is 0 Å². The summed E-state index contributed by atoms with van der Waals surface area (Å²) in [6.07, 6.45) is 0. The Morgan fingerprint density at radius 3 is 2.31 bits per heavy atom. The number of piperazine rings is 1. The lowest BCUT2D eigenvalue weighted by Gasteiger charge is -2.33. The topological polar surface area (TPSA) is 52.7 Å². The third-order valence-corrected chi connectivity index (χ3v) is 5.28. The van der Waals surface area contributed by atoms with Gasteiger partial charge in [0.2, 0.25) is 10.0 Å². The van der Waals surface area contributed by atoms with Gasteiger partial charge in [-0.3, -0.25) is 0 Å². The van der Waals surface area contributed by atoms with Crippen LogP contribution in [0.3, 0.4) is 0 Å². The molecule has 1 N–H and O–H groups in total. The lowest BCUT2D eigenvalue weighted by molar-refractivity contribution is 0.221. The second-order valence-electron chi connectivity index (χ2n) is 4.37. The third-order valence-electron chi connectivity index (χ3n) is 3.01. The number of nitrogens with zero attached hydrogens (tertiary/aromatic N) is 2. The highest BCUT2D eigenvalue weighted by Gasteiger charge is 2.30. The molecule has 1 aliphatic heterocycles. The first-order valence-electron chi connectivity index (χ1n) is 5.86. The summed E-state index contributed by atoms with van der Waals surface area (Å²) in [5, 5.41) is 2.75. The number of likely N-dealkylation sites (N-methyl/N-ethyl adjacent to an activating group) is 1. The van der Waals surface area contributed by atoms with Gasteiger partial charge in [-0.25, -0.2) is 8.42 Å². The van der Waals surface area contributed by atoms with Gasteiger partial charge in [0.25, 0.3) is 0 Å². The number of hydrogen-bond donors (Lipinski definition) is 1. The Bertz CT molecular complexity index is 297. The van der Waals surface area contributed by atoms with E-state index in [4.69, 9.17) is 0 Å². The standard InChI is InChI=1S/C10H23N3O2S/c1-4-11-9-10(2)16(14,15)13-7-5-12(3)6-8-13/h10-11H,4-9H2,1-3H3. The minimum Gasteiger partial charge on any atom is -0.316 e. The molecular weight excluding hydrogens is 226 g/mol. The Morgan fingerprint density at radius 2 is 1.81 bits per heavy atom. The first-order chi connectivity index (χ1) is 7.48. The van der Waals surface area contributed by atoms with Crippen LogP contribution in [-0.4, -0.2) is 69.2 Å². The third kappa shape index (κ3) is 3.41. The molecule has 1 rings (SSSR count). The highest BCUT2D eigenvalue weighted by atomic mass is 32.2. The molecule has 96 valence electrons. The van der Waals surface area contributed by atoms with E-state index in [1.54, 1.807) is 11.2 Å². The fourth-order valence-electron chi connectivity index (χ4n) is 1.75. The maximum absolute atomic E-state index is 12.2. The van der Waals surface area contributed by atoms with E-state index in [9.17, 15) is 8.42 Å². The zero-order chi connectivity index (χ0) is 12.2. The zero-order valence-corrected chi connectivity index (χ0v) is 11.3. The minimum atomic E-state index is -3.11. The summed E-state index contributed by atoms with van der Waals surface area (Å²) in [4.78, 5) is 2.15. The van der Waals surface area contributed by atoms with Gasteiger partial charge < -0.3 is 10.2 Å². The average Bonchev–Trinajstić information content (AvgIpc) is 2.26. The smallest absolute Gasteiger partial charge is 0.218 e. The normalized spacial score (nSPS) is 22.2. The first kappa shape index (κ1) is 13.9. The van der Waals surface area contributed by atoms with Gasteiger partial charge in [-0.15, -0.1) is 0 Å². The molecule has 0 spiro atoms. The van der Waals surface area contributed by atoms with E-state index in [2.05, 4.69) is 10.2 Å². The summed E-state index contributed by atoms with van der Waals surface area (Å²) >= 11 is 0. The fraction of sp³-hybridized carbons (Fsp3) is 1.00. The molecule has 0 aromatic carbocycles. The largest absolute Gasteiger partial charge is 0.316 e. The maximum atomic E-state index is 12.2. The van der Waals surface area contributed by atoms with E-state index in [1.165, 1.54) is 0 Å². The molecule has 5 nitrogen and oxygen atoms in total. The van der Waals surface area contributed by atoms with Gasteiger partial charge in [-0.2, -0.15) is 4.31 Å². The Kier molecular flexibility index (Phi) is 5.17.